The highest BCUT2D eigenvalue weighted by Crippen LogP contribution is 2.23. The molecule has 2 rings (SSSR count). The van der Waals surface area contributed by atoms with E-state index in [2.05, 4.69) is 23.1 Å². The number of aryl methyl sites for hydroxylation is 2. The largest absolute Gasteiger partial charge is 0.391 e. The van der Waals surface area contributed by atoms with Gasteiger partial charge in [-0.05, 0) is 73.4 Å². The Morgan fingerprint density at radius 1 is 1.04 bits per heavy atom. The Kier molecular flexibility index (Phi) is 7.49. The van der Waals surface area contributed by atoms with Gasteiger partial charge in [0.2, 0.25) is 0 Å². The zero-order chi connectivity index (χ0) is 19.1. The maximum absolute atomic E-state index is 5.97. The van der Waals surface area contributed by atoms with Crippen molar-refractivity contribution in [2.45, 2.75) is 27.4 Å². The van der Waals surface area contributed by atoms with Gasteiger partial charge in [0.1, 0.15) is 6.61 Å². The van der Waals surface area contributed by atoms with Crippen LogP contribution in [0.15, 0.2) is 40.5 Å². The van der Waals surface area contributed by atoms with Crippen molar-refractivity contribution in [3.63, 3.8) is 0 Å². The summed E-state index contributed by atoms with van der Waals surface area (Å²) >= 11 is 11.9. The number of oxime groups is 1. The lowest BCUT2D eigenvalue weighted by Crippen LogP contribution is -2.14. The fourth-order valence-corrected chi connectivity index (χ4v) is 2.82. The molecule has 0 radical (unpaired) electrons. The normalized spacial score (nSPS) is 11.5. The molecule has 6 heteroatoms. The Morgan fingerprint density at radius 2 is 1.73 bits per heavy atom. The number of benzene rings is 2. The van der Waals surface area contributed by atoms with Crippen molar-refractivity contribution < 1.29 is 4.84 Å². The van der Waals surface area contributed by atoms with Crippen molar-refractivity contribution in [2.75, 3.05) is 13.6 Å². The fraction of sp³-hybridized carbons (Fsp3) is 0.300. The second-order valence-electron chi connectivity index (χ2n) is 6.10. The number of nitrogens with zero attached hydrogens (tertiary/aromatic N) is 3. The second-order valence-corrected chi connectivity index (χ2v) is 6.97. The summed E-state index contributed by atoms with van der Waals surface area (Å²) in [6, 6.07) is 9.39. The summed E-state index contributed by atoms with van der Waals surface area (Å²) in [7, 11) is 2.00. The van der Waals surface area contributed by atoms with Crippen LogP contribution in [0.5, 0.6) is 0 Å². The van der Waals surface area contributed by atoms with Crippen molar-refractivity contribution in [1.82, 2.24) is 4.90 Å². The van der Waals surface area contributed by atoms with Crippen LogP contribution in [0.2, 0.25) is 10.0 Å². The van der Waals surface area contributed by atoms with Gasteiger partial charge in [-0.25, -0.2) is 4.99 Å². The maximum Gasteiger partial charge on any atom is 0.142 e. The smallest absolute Gasteiger partial charge is 0.142 e. The van der Waals surface area contributed by atoms with Gasteiger partial charge in [-0.1, -0.05) is 28.4 Å². The SMILES string of the molecule is CCN(C)C=Nc1cc(C)c(C=NOCc2cc(Cl)cc(Cl)c2)cc1C. The monoisotopic (exact) mass is 391 g/mol. The van der Waals surface area contributed by atoms with Gasteiger partial charge >= 0.3 is 0 Å². The van der Waals surface area contributed by atoms with Gasteiger partial charge in [0.05, 0.1) is 18.2 Å². The van der Waals surface area contributed by atoms with E-state index in [0.717, 1.165) is 34.5 Å². The third-order valence-corrected chi connectivity index (χ3v) is 4.33. The summed E-state index contributed by atoms with van der Waals surface area (Å²) in [6.45, 7) is 7.37. The molecule has 0 fully saturated rings. The highest BCUT2D eigenvalue weighted by Gasteiger charge is 2.03. The van der Waals surface area contributed by atoms with E-state index in [4.69, 9.17) is 28.0 Å². The van der Waals surface area contributed by atoms with Gasteiger partial charge in [-0.15, -0.1) is 0 Å². The number of halogens is 2. The fourth-order valence-electron chi connectivity index (χ4n) is 2.24. The summed E-state index contributed by atoms with van der Waals surface area (Å²) < 4.78 is 0. The molecule has 0 saturated heterocycles. The van der Waals surface area contributed by atoms with Crippen LogP contribution in [0.25, 0.3) is 0 Å². The average molecular weight is 392 g/mol. The molecular weight excluding hydrogens is 369 g/mol. The number of hydrogen-bond acceptors (Lipinski definition) is 3. The van der Waals surface area contributed by atoms with Crippen LogP contribution in [0.4, 0.5) is 5.69 Å². The van der Waals surface area contributed by atoms with Crippen LogP contribution >= 0.6 is 23.2 Å². The third-order valence-electron chi connectivity index (χ3n) is 3.90. The number of hydrogen-bond donors (Lipinski definition) is 0. The first-order valence-corrected chi connectivity index (χ1v) is 9.10. The molecule has 0 saturated carbocycles. The minimum atomic E-state index is 0.306. The van der Waals surface area contributed by atoms with Crippen LogP contribution in [0.1, 0.15) is 29.2 Å². The van der Waals surface area contributed by atoms with Gasteiger partial charge in [0.25, 0.3) is 0 Å². The molecule has 26 heavy (non-hydrogen) atoms. The first-order valence-electron chi connectivity index (χ1n) is 8.35. The molecule has 0 bridgehead atoms. The van der Waals surface area contributed by atoms with E-state index in [1.807, 2.05) is 38.2 Å². The molecule has 0 aliphatic carbocycles. The van der Waals surface area contributed by atoms with Crippen molar-refractivity contribution in [1.29, 1.82) is 0 Å². The molecule has 2 aromatic carbocycles. The number of rotatable bonds is 7. The second kappa shape index (κ2) is 9.60. The zero-order valence-electron chi connectivity index (χ0n) is 15.5. The van der Waals surface area contributed by atoms with Crippen LogP contribution in [-0.2, 0) is 11.4 Å². The topological polar surface area (TPSA) is 37.2 Å². The summed E-state index contributed by atoms with van der Waals surface area (Å²) in [4.78, 5) is 11.9. The van der Waals surface area contributed by atoms with E-state index in [1.54, 1.807) is 24.4 Å². The Hall–Kier alpha value is -2.04. The Balaban J connectivity index is 2.03. The summed E-state index contributed by atoms with van der Waals surface area (Å²) in [5.74, 6) is 0. The van der Waals surface area contributed by atoms with E-state index in [1.165, 1.54) is 0 Å². The summed E-state index contributed by atoms with van der Waals surface area (Å²) in [5.41, 5.74) is 4.99. The minimum Gasteiger partial charge on any atom is -0.391 e. The molecule has 0 heterocycles. The first kappa shape index (κ1) is 20.3. The van der Waals surface area contributed by atoms with E-state index < -0.39 is 0 Å². The van der Waals surface area contributed by atoms with Crippen molar-refractivity contribution in [3.8, 4) is 0 Å². The predicted octanol–water partition coefficient (Wildman–Crippen LogP) is 5.77. The van der Waals surface area contributed by atoms with Gasteiger partial charge in [-0.2, -0.15) is 0 Å². The first-order chi connectivity index (χ1) is 12.4. The van der Waals surface area contributed by atoms with E-state index in [0.29, 0.717) is 16.7 Å². The lowest BCUT2D eigenvalue weighted by atomic mass is 10.0. The lowest BCUT2D eigenvalue weighted by molar-refractivity contribution is 0.132. The summed E-state index contributed by atoms with van der Waals surface area (Å²) in [5, 5.41) is 5.22. The molecule has 0 unspecified atom stereocenters. The van der Waals surface area contributed by atoms with E-state index >= 15 is 0 Å². The molecule has 138 valence electrons. The molecule has 0 aromatic heterocycles. The van der Waals surface area contributed by atoms with E-state index in [9.17, 15) is 0 Å². The van der Waals surface area contributed by atoms with Crippen LogP contribution in [-0.4, -0.2) is 31.0 Å². The van der Waals surface area contributed by atoms with Crippen molar-refractivity contribution >= 4 is 41.4 Å². The van der Waals surface area contributed by atoms with Gasteiger partial charge in [-0.3, -0.25) is 0 Å². The molecule has 0 N–H and O–H groups in total. The van der Waals surface area contributed by atoms with Crippen LogP contribution in [0.3, 0.4) is 0 Å². The summed E-state index contributed by atoms with van der Waals surface area (Å²) in [6.07, 6.45) is 3.55. The highest BCUT2D eigenvalue weighted by molar-refractivity contribution is 6.34. The zero-order valence-corrected chi connectivity index (χ0v) is 17.0. The molecule has 4 nitrogen and oxygen atoms in total. The molecule has 0 aliphatic heterocycles. The third kappa shape index (κ3) is 6.04. The Bertz CT molecular complexity index is 799. The Labute approximate surface area is 165 Å². The Morgan fingerprint density at radius 3 is 2.38 bits per heavy atom. The molecule has 2 aromatic rings. The predicted molar refractivity (Wildman–Crippen MR) is 111 cm³/mol. The minimum absolute atomic E-state index is 0.306. The van der Waals surface area contributed by atoms with Gasteiger partial charge in [0.15, 0.2) is 0 Å². The molecular formula is C20H23Cl2N3O. The molecule has 0 spiro atoms. The molecule has 0 amide bonds. The number of aliphatic imine (C=N–C) groups is 1. The van der Waals surface area contributed by atoms with E-state index in [-0.39, 0.29) is 0 Å². The van der Waals surface area contributed by atoms with Crippen LogP contribution < -0.4 is 0 Å². The standard InChI is InChI=1S/C20H23Cl2N3O/c1-5-25(4)13-23-20-7-14(2)17(6-15(20)3)11-24-26-12-16-8-18(21)10-19(22)9-16/h6-11,13H,5,12H2,1-4H3. The van der Waals surface area contributed by atoms with Gasteiger partial charge in [0, 0.05) is 23.6 Å². The van der Waals surface area contributed by atoms with Crippen LogP contribution in [0, 0.1) is 13.8 Å². The molecule has 0 aliphatic rings. The van der Waals surface area contributed by atoms with Gasteiger partial charge < -0.3 is 9.74 Å². The molecule has 0 atom stereocenters. The highest BCUT2D eigenvalue weighted by atomic mass is 35.5. The van der Waals surface area contributed by atoms with Crippen molar-refractivity contribution in [2.24, 2.45) is 10.1 Å². The quantitative estimate of drug-likeness (QED) is 0.341. The maximum atomic E-state index is 5.97. The lowest BCUT2D eigenvalue weighted by Gasteiger charge is -2.10. The average Bonchev–Trinajstić information content (AvgIpc) is 2.58. The van der Waals surface area contributed by atoms with Crippen molar-refractivity contribution in [3.05, 3.63) is 62.6 Å².